The van der Waals surface area contributed by atoms with Crippen molar-refractivity contribution >= 4 is 49.4 Å². The molecular formula is C17H15Br2NO2. The van der Waals surface area contributed by atoms with Crippen LogP contribution in [0, 0.1) is 0 Å². The summed E-state index contributed by atoms with van der Waals surface area (Å²) < 4.78 is 0.961. The highest BCUT2D eigenvalue weighted by Crippen LogP contribution is 2.33. The fourth-order valence-electron chi connectivity index (χ4n) is 1.86. The Morgan fingerprint density at radius 3 is 2.14 bits per heavy atom. The van der Waals surface area contributed by atoms with E-state index in [2.05, 4.69) is 31.9 Å². The zero-order chi connectivity index (χ0) is 16.3. The predicted octanol–water partition coefficient (Wildman–Crippen LogP) is 4.88. The number of aromatic hydroxyl groups is 1. The minimum Gasteiger partial charge on any atom is -0.506 e. The van der Waals surface area contributed by atoms with Crippen LogP contribution in [0.2, 0.25) is 0 Å². The second kappa shape index (κ2) is 7.11. The number of rotatable bonds is 4. The van der Waals surface area contributed by atoms with Crippen LogP contribution in [-0.4, -0.2) is 25.0 Å². The summed E-state index contributed by atoms with van der Waals surface area (Å²) in [6, 6.07) is 11.1. The zero-order valence-corrected chi connectivity index (χ0v) is 15.3. The minimum absolute atomic E-state index is 0.0832. The molecule has 114 valence electrons. The molecule has 0 saturated carbocycles. The lowest BCUT2D eigenvalue weighted by molar-refractivity contribution is 0.104. The molecule has 2 aromatic rings. The molecule has 2 aromatic carbocycles. The van der Waals surface area contributed by atoms with Gasteiger partial charge in [0.05, 0.1) is 8.95 Å². The molecule has 3 nitrogen and oxygen atoms in total. The molecule has 0 saturated heterocycles. The van der Waals surface area contributed by atoms with Crippen molar-refractivity contribution in [3.63, 3.8) is 0 Å². The minimum atomic E-state index is -0.127. The van der Waals surface area contributed by atoms with Crippen molar-refractivity contribution in [3.05, 3.63) is 62.5 Å². The number of carbonyl (C=O) groups is 1. The van der Waals surface area contributed by atoms with Crippen molar-refractivity contribution < 1.29 is 9.90 Å². The van der Waals surface area contributed by atoms with Crippen molar-refractivity contribution in [1.82, 2.24) is 0 Å². The molecular weight excluding hydrogens is 410 g/mol. The van der Waals surface area contributed by atoms with Gasteiger partial charge in [-0.05, 0) is 67.8 Å². The molecule has 2 rings (SSSR count). The van der Waals surface area contributed by atoms with E-state index in [4.69, 9.17) is 0 Å². The van der Waals surface area contributed by atoms with E-state index in [1.165, 1.54) is 6.08 Å². The maximum absolute atomic E-state index is 12.2. The average molecular weight is 425 g/mol. The zero-order valence-electron chi connectivity index (χ0n) is 12.2. The Kier molecular flexibility index (Phi) is 5.42. The molecule has 1 N–H and O–H groups in total. The third-order valence-electron chi connectivity index (χ3n) is 3.14. The Morgan fingerprint density at radius 2 is 1.64 bits per heavy atom. The Morgan fingerprint density at radius 1 is 1.09 bits per heavy atom. The van der Waals surface area contributed by atoms with Crippen LogP contribution in [0.5, 0.6) is 5.75 Å². The van der Waals surface area contributed by atoms with Gasteiger partial charge in [-0.1, -0.05) is 18.2 Å². The number of anilines is 1. The molecule has 0 heterocycles. The van der Waals surface area contributed by atoms with Crippen molar-refractivity contribution in [2.24, 2.45) is 0 Å². The number of phenols is 1. The van der Waals surface area contributed by atoms with Gasteiger partial charge in [0.1, 0.15) is 5.75 Å². The summed E-state index contributed by atoms with van der Waals surface area (Å²) in [5, 5.41) is 9.66. The second-order valence-corrected chi connectivity index (χ2v) is 6.68. The Bertz CT molecular complexity index is 699. The maximum Gasteiger partial charge on any atom is 0.185 e. The van der Waals surface area contributed by atoms with Crippen LogP contribution in [0.4, 0.5) is 5.69 Å². The lowest BCUT2D eigenvalue weighted by Crippen LogP contribution is -2.07. The Hall–Kier alpha value is -1.59. The first-order chi connectivity index (χ1) is 10.4. The van der Waals surface area contributed by atoms with Gasteiger partial charge < -0.3 is 10.0 Å². The van der Waals surface area contributed by atoms with Crippen LogP contribution in [-0.2, 0) is 0 Å². The third kappa shape index (κ3) is 3.99. The quantitative estimate of drug-likeness (QED) is 0.561. The van der Waals surface area contributed by atoms with Gasteiger partial charge in [0.25, 0.3) is 0 Å². The number of hydrogen-bond donors (Lipinski definition) is 1. The van der Waals surface area contributed by atoms with E-state index in [1.807, 2.05) is 43.3 Å². The van der Waals surface area contributed by atoms with Crippen LogP contribution < -0.4 is 4.90 Å². The number of halogens is 2. The van der Waals surface area contributed by atoms with Crippen LogP contribution >= 0.6 is 31.9 Å². The third-order valence-corrected chi connectivity index (χ3v) is 4.35. The molecule has 0 atom stereocenters. The van der Waals surface area contributed by atoms with Crippen LogP contribution in [0.25, 0.3) is 6.08 Å². The van der Waals surface area contributed by atoms with Gasteiger partial charge in [-0.3, -0.25) is 4.79 Å². The largest absolute Gasteiger partial charge is 0.506 e. The van der Waals surface area contributed by atoms with E-state index in [9.17, 15) is 9.90 Å². The lowest BCUT2D eigenvalue weighted by atomic mass is 10.1. The molecule has 22 heavy (non-hydrogen) atoms. The van der Waals surface area contributed by atoms with Crippen molar-refractivity contribution in [2.45, 2.75) is 0 Å². The molecule has 0 aliphatic heterocycles. The topological polar surface area (TPSA) is 40.5 Å². The Balaban J connectivity index is 2.17. The molecule has 0 spiro atoms. The molecule has 0 aliphatic carbocycles. The summed E-state index contributed by atoms with van der Waals surface area (Å²) >= 11 is 6.44. The van der Waals surface area contributed by atoms with E-state index in [-0.39, 0.29) is 11.5 Å². The first-order valence-corrected chi connectivity index (χ1v) is 8.15. The maximum atomic E-state index is 12.2. The highest BCUT2D eigenvalue weighted by Gasteiger charge is 2.09. The molecule has 0 amide bonds. The molecule has 0 fully saturated rings. The van der Waals surface area contributed by atoms with E-state index >= 15 is 0 Å². The lowest BCUT2D eigenvalue weighted by Gasteiger charge is -2.11. The van der Waals surface area contributed by atoms with Gasteiger partial charge in [-0.25, -0.2) is 0 Å². The van der Waals surface area contributed by atoms with E-state index in [0.717, 1.165) is 11.3 Å². The van der Waals surface area contributed by atoms with Gasteiger partial charge in [0, 0.05) is 25.3 Å². The molecule has 0 radical (unpaired) electrons. The summed E-state index contributed by atoms with van der Waals surface area (Å²) in [5.74, 6) is -0.0436. The summed E-state index contributed by atoms with van der Waals surface area (Å²) in [5.41, 5.74) is 2.56. The summed E-state index contributed by atoms with van der Waals surface area (Å²) in [4.78, 5) is 14.2. The number of ketones is 1. The normalized spacial score (nSPS) is 10.9. The number of nitrogens with zero attached hydrogens (tertiary/aromatic N) is 1. The highest BCUT2D eigenvalue weighted by molar-refractivity contribution is 9.11. The second-order valence-electron chi connectivity index (χ2n) is 4.97. The monoisotopic (exact) mass is 423 g/mol. The first kappa shape index (κ1) is 16.8. The number of phenolic OH excluding ortho intramolecular Hbond substituents is 1. The van der Waals surface area contributed by atoms with Gasteiger partial charge in [0.15, 0.2) is 5.78 Å². The van der Waals surface area contributed by atoms with Gasteiger partial charge >= 0.3 is 0 Å². The molecule has 5 heteroatoms. The predicted molar refractivity (Wildman–Crippen MR) is 97.6 cm³/mol. The van der Waals surface area contributed by atoms with E-state index in [1.54, 1.807) is 18.2 Å². The fraction of sp³-hybridized carbons (Fsp3) is 0.118. The molecule has 0 aliphatic rings. The van der Waals surface area contributed by atoms with Gasteiger partial charge in [-0.15, -0.1) is 0 Å². The number of hydrogen-bond acceptors (Lipinski definition) is 3. The van der Waals surface area contributed by atoms with Crippen LogP contribution in [0.15, 0.2) is 51.4 Å². The first-order valence-electron chi connectivity index (χ1n) is 6.56. The Labute approximate surface area is 146 Å². The van der Waals surface area contributed by atoms with Crippen molar-refractivity contribution in [2.75, 3.05) is 19.0 Å². The van der Waals surface area contributed by atoms with Gasteiger partial charge in [-0.2, -0.15) is 0 Å². The highest BCUT2D eigenvalue weighted by atomic mass is 79.9. The average Bonchev–Trinajstić information content (AvgIpc) is 2.50. The summed E-state index contributed by atoms with van der Waals surface area (Å²) in [7, 11) is 3.96. The number of allylic oxidation sites excluding steroid dienone is 1. The number of benzene rings is 2. The number of carbonyl (C=O) groups excluding carboxylic acids is 1. The van der Waals surface area contributed by atoms with Gasteiger partial charge in [0.2, 0.25) is 0 Å². The summed E-state index contributed by atoms with van der Waals surface area (Å²) in [6.45, 7) is 0. The van der Waals surface area contributed by atoms with E-state index in [0.29, 0.717) is 14.5 Å². The SMILES string of the molecule is CN(C)c1ccc(/C=C/C(=O)c2cc(Br)c(O)c(Br)c2)cc1. The summed E-state index contributed by atoms with van der Waals surface area (Å²) in [6.07, 6.45) is 3.30. The molecule has 0 unspecified atom stereocenters. The fourth-order valence-corrected chi connectivity index (χ4v) is 3.05. The van der Waals surface area contributed by atoms with Crippen molar-refractivity contribution in [1.29, 1.82) is 0 Å². The van der Waals surface area contributed by atoms with Crippen LogP contribution in [0.3, 0.4) is 0 Å². The van der Waals surface area contributed by atoms with Crippen molar-refractivity contribution in [3.8, 4) is 5.75 Å². The molecule has 0 bridgehead atoms. The smallest absolute Gasteiger partial charge is 0.185 e. The standard InChI is InChI=1S/C17H15Br2NO2/c1-20(2)13-6-3-11(4-7-13)5-8-16(21)12-9-14(18)17(22)15(19)10-12/h3-10,22H,1-2H3/b8-5+. The molecule has 0 aromatic heterocycles. The van der Waals surface area contributed by atoms with Crippen LogP contribution in [0.1, 0.15) is 15.9 Å². The van der Waals surface area contributed by atoms with E-state index < -0.39 is 0 Å².